The maximum atomic E-state index is 12.7. The number of alkyl halides is 3. The minimum absolute atomic E-state index is 0.0886. The molecule has 1 fully saturated rings. The molecule has 0 bridgehead atoms. The van der Waals surface area contributed by atoms with Crippen LogP contribution >= 0.6 is 0 Å². The number of piperazine rings is 1. The van der Waals surface area contributed by atoms with Crippen molar-refractivity contribution in [1.82, 2.24) is 24.4 Å². The molecule has 12 heteroatoms. The fourth-order valence-corrected chi connectivity index (χ4v) is 2.98. The summed E-state index contributed by atoms with van der Waals surface area (Å²) in [6.07, 6.45) is -3.34. The van der Waals surface area contributed by atoms with Gasteiger partial charge in [-0.1, -0.05) is 11.6 Å². The van der Waals surface area contributed by atoms with Crippen LogP contribution in [0.1, 0.15) is 13.8 Å². The van der Waals surface area contributed by atoms with Crippen LogP contribution in [-0.2, 0) is 18.4 Å². The molecule has 158 valence electrons. The first-order valence-electron chi connectivity index (χ1n) is 8.95. The number of carbonyl (C=O) groups is 1. The largest absolute Gasteiger partial charge is 0.491 e. The van der Waals surface area contributed by atoms with Crippen molar-refractivity contribution in [1.29, 1.82) is 0 Å². The summed E-state index contributed by atoms with van der Waals surface area (Å²) in [4.78, 5) is 33.8. The number of fused-ring (bicyclic) bond motifs is 1. The second-order valence-corrected chi connectivity index (χ2v) is 6.86. The van der Waals surface area contributed by atoms with E-state index in [-0.39, 0.29) is 18.0 Å². The van der Waals surface area contributed by atoms with Crippen LogP contribution in [0.25, 0.3) is 11.2 Å². The molecule has 1 aliphatic rings. The molecule has 9 nitrogen and oxygen atoms in total. The van der Waals surface area contributed by atoms with Crippen molar-refractivity contribution in [2.75, 3.05) is 31.1 Å². The van der Waals surface area contributed by atoms with Gasteiger partial charge in [0, 0.05) is 39.8 Å². The van der Waals surface area contributed by atoms with Crippen molar-refractivity contribution >= 4 is 23.0 Å². The molecule has 1 saturated heterocycles. The molecule has 3 heterocycles. The molecule has 0 saturated carbocycles. The lowest BCUT2D eigenvalue weighted by Gasteiger charge is -2.29. The normalized spacial score (nSPS) is 14.9. The van der Waals surface area contributed by atoms with E-state index in [0.717, 1.165) is 5.57 Å². The molecule has 0 radical (unpaired) electrons. The highest BCUT2D eigenvalue weighted by atomic mass is 19.4. The van der Waals surface area contributed by atoms with E-state index in [2.05, 4.69) is 20.0 Å². The Morgan fingerprint density at radius 1 is 1.24 bits per heavy atom. The highest BCUT2D eigenvalue weighted by Crippen LogP contribution is 2.27. The predicted octanol–water partition coefficient (Wildman–Crippen LogP) is 0.974. The summed E-state index contributed by atoms with van der Waals surface area (Å²) in [5.41, 5.74) is 1.06. The van der Waals surface area contributed by atoms with Crippen LogP contribution in [0.15, 0.2) is 16.4 Å². The summed E-state index contributed by atoms with van der Waals surface area (Å²) in [5.74, 6) is -2.17. The molecule has 2 aromatic heterocycles. The number of ether oxygens (including phenoxy) is 1. The highest BCUT2D eigenvalue weighted by molar-refractivity contribution is 5.86. The highest BCUT2D eigenvalue weighted by Gasteiger charge is 2.42. The number of esters is 1. The van der Waals surface area contributed by atoms with Crippen LogP contribution in [0.3, 0.4) is 0 Å². The van der Waals surface area contributed by atoms with Gasteiger partial charge >= 0.3 is 23.8 Å². The van der Waals surface area contributed by atoms with Gasteiger partial charge in [0.1, 0.15) is 5.52 Å². The Morgan fingerprint density at radius 2 is 1.90 bits per heavy atom. The zero-order valence-electron chi connectivity index (χ0n) is 16.2. The van der Waals surface area contributed by atoms with Gasteiger partial charge in [0.15, 0.2) is 11.5 Å². The van der Waals surface area contributed by atoms with Crippen LogP contribution in [0.4, 0.5) is 19.0 Å². The summed E-state index contributed by atoms with van der Waals surface area (Å²) in [7, 11) is 1.45. The predicted molar refractivity (Wildman–Crippen MR) is 99.0 cm³/mol. The van der Waals surface area contributed by atoms with Gasteiger partial charge in [-0.15, -0.1) is 0 Å². The average Bonchev–Trinajstić information content (AvgIpc) is 2.90. The number of halogens is 3. The van der Waals surface area contributed by atoms with Gasteiger partial charge in [-0.2, -0.15) is 23.1 Å². The SMILES string of the molecule is CC(C)=CCn1c(=O)n(C)c2nc(OC(=O)C(F)(F)F)nc(N3CCNCC3)c21. The minimum atomic E-state index is -5.19. The minimum Gasteiger partial charge on any atom is -0.384 e. The lowest BCUT2D eigenvalue weighted by atomic mass is 10.3. The topological polar surface area (TPSA) is 94.3 Å². The van der Waals surface area contributed by atoms with Gasteiger partial charge in [0.25, 0.3) is 0 Å². The van der Waals surface area contributed by atoms with E-state index in [1.807, 2.05) is 24.8 Å². The number of allylic oxidation sites excluding steroid dienone is 2. The van der Waals surface area contributed by atoms with Crippen molar-refractivity contribution < 1.29 is 22.7 Å². The van der Waals surface area contributed by atoms with Gasteiger partial charge in [0.05, 0.1) is 0 Å². The molecule has 0 spiro atoms. The molecule has 0 aromatic carbocycles. The van der Waals surface area contributed by atoms with E-state index in [1.54, 1.807) is 0 Å². The second kappa shape index (κ2) is 7.85. The van der Waals surface area contributed by atoms with Gasteiger partial charge in [0.2, 0.25) is 0 Å². The van der Waals surface area contributed by atoms with E-state index in [1.165, 1.54) is 16.2 Å². The molecule has 0 unspecified atom stereocenters. The molecule has 1 N–H and O–H groups in total. The van der Waals surface area contributed by atoms with Crippen LogP contribution in [0, 0.1) is 0 Å². The maximum absolute atomic E-state index is 12.7. The fraction of sp³-hybridized carbons (Fsp3) is 0.529. The lowest BCUT2D eigenvalue weighted by molar-refractivity contribution is -0.190. The third-order valence-corrected chi connectivity index (χ3v) is 4.45. The van der Waals surface area contributed by atoms with Gasteiger partial charge < -0.3 is 15.0 Å². The fourth-order valence-electron chi connectivity index (χ4n) is 2.98. The molecule has 0 atom stereocenters. The second-order valence-electron chi connectivity index (χ2n) is 6.86. The number of imidazole rings is 1. The first-order valence-corrected chi connectivity index (χ1v) is 8.95. The Hall–Kier alpha value is -2.89. The number of aryl methyl sites for hydroxylation is 1. The Balaban J connectivity index is 2.20. The van der Waals surface area contributed by atoms with E-state index in [4.69, 9.17) is 0 Å². The Labute approximate surface area is 163 Å². The number of aromatic nitrogens is 4. The van der Waals surface area contributed by atoms with E-state index < -0.39 is 23.8 Å². The number of carbonyl (C=O) groups excluding carboxylic acids is 1. The van der Waals surface area contributed by atoms with Crippen molar-refractivity contribution in [3.05, 3.63) is 22.1 Å². The quantitative estimate of drug-likeness (QED) is 0.589. The Bertz CT molecular complexity index is 1010. The maximum Gasteiger partial charge on any atom is 0.491 e. The van der Waals surface area contributed by atoms with E-state index in [0.29, 0.717) is 31.7 Å². The van der Waals surface area contributed by atoms with Crippen LogP contribution in [0.2, 0.25) is 0 Å². The van der Waals surface area contributed by atoms with E-state index >= 15 is 0 Å². The smallest absolute Gasteiger partial charge is 0.384 e. The van der Waals surface area contributed by atoms with Crippen LogP contribution < -0.4 is 20.6 Å². The van der Waals surface area contributed by atoms with Gasteiger partial charge in [-0.3, -0.25) is 9.13 Å². The van der Waals surface area contributed by atoms with Crippen LogP contribution in [0.5, 0.6) is 6.01 Å². The van der Waals surface area contributed by atoms with Crippen molar-refractivity contribution in [3.8, 4) is 6.01 Å². The molecular weight excluding hydrogens is 393 g/mol. The summed E-state index contributed by atoms with van der Waals surface area (Å²) in [6, 6.07) is -0.747. The average molecular weight is 414 g/mol. The first kappa shape index (κ1) is 20.8. The number of hydrogen-bond acceptors (Lipinski definition) is 7. The molecule has 29 heavy (non-hydrogen) atoms. The van der Waals surface area contributed by atoms with Crippen molar-refractivity contribution in [3.63, 3.8) is 0 Å². The van der Waals surface area contributed by atoms with Crippen molar-refractivity contribution in [2.24, 2.45) is 7.05 Å². The summed E-state index contributed by atoms with van der Waals surface area (Å²) in [5, 5.41) is 3.17. The standard InChI is InChI=1S/C17H21F3N6O3/c1-10(2)4-7-26-11-12(24(3)16(26)28)22-15(29-14(27)17(18,19)20)23-13(11)25-8-5-21-6-9-25/h4,21H,5-9H2,1-3H3. The summed E-state index contributed by atoms with van der Waals surface area (Å²) < 4.78 is 44.8. The molecular formula is C17H21F3N6O3. The number of anilines is 1. The van der Waals surface area contributed by atoms with Crippen LogP contribution in [-0.4, -0.2) is 57.4 Å². The zero-order chi connectivity index (χ0) is 21.3. The third kappa shape index (κ3) is 4.26. The summed E-state index contributed by atoms with van der Waals surface area (Å²) >= 11 is 0. The number of rotatable bonds is 4. The number of nitrogens with zero attached hydrogens (tertiary/aromatic N) is 5. The van der Waals surface area contributed by atoms with Crippen molar-refractivity contribution in [2.45, 2.75) is 26.6 Å². The zero-order valence-corrected chi connectivity index (χ0v) is 16.2. The molecule has 0 amide bonds. The molecule has 3 rings (SSSR count). The molecule has 1 aliphatic heterocycles. The number of nitrogens with one attached hydrogen (secondary N) is 1. The Kier molecular flexibility index (Phi) is 5.64. The molecule has 2 aromatic rings. The third-order valence-electron chi connectivity index (χ3n) is 4.45. The van der Waals surface area contributed by atoms with Gasteiger partial charge in [-0.05, 0) is 13.8 Å². The lowest BCUT2D eigenvalue weighted by Crippen LogP contribution is -2.44. The van der Waals surface area contributed by atoms with Gasteiger partial charge in [-0.25, -0.2) is 9.59 Å². The molecule has 0 aliphatic carbocycles. The monoisotopic (exact) mass is 414 g/mol. The number of hydrogen-bond donors (Lipinski definition) is 1. The Morgan fingerprint density at radius 3 is 2.48 bits per heavy atom. The summed E-state index contributed by atoms with van der Waals surface area (Å²) in [6.45, 7) is 6.33. The first-order chi connectivity index (χ1) is 13.6. The van der Waals surface area contributed by atoms with E-state index in [9.17, 15) is 22.8 Å².